The summed E-state index contributed by atoms with van der Waals surface area (Å²) in [5.41, 5.74) is 1.35. The summed E-state index contributed by atoms with van der Waals surface area (Å²) < 4.78 is 0.840. The molecule has 0 radical (unpaired) electrons. The Labute approximate surface area is 175 Å². The molecule has 1 aromatic heterocycles. The van der Waals surface area contributed by atoms with Gasteiger partial charge in [-0.3, -0.25) is 9.69 Å². The summed E-state index contributed by atoms with van der Waals surface area (Å²) in [6, 6.07) is 10.8. The number of benzene rings is 1. The fourth-order valence-corrected chi connectivity index (χ4v) is 4.77. The van der Waals surface area contributed by atoms with Crippen LogP contribution in [-0.4, -0.2) is 52.4 Å². The molecule has 0 spiro atoms. The van der Waals surface area contributed by atoms with Gasteiger partial charge in [0.2, 0.25) is 11.0 Å². The van der Waals surface area contributed by atoms with Gasteiger partial charge >= 0.3 is 0 Å². The molecular formula is C20H29N5OS2. The SMILES string of the molecule is CCCCNc1nnc(SCC(=O)NC2CCN(Cc3ccccc3)CC2)s1. The Hall–Kier alpha value is -1.64. The van der Waals surface area contributed by atoms with Crippen molar-refractivity contribution in [2.75, 3.05) is 30.7 Å². The van der Waals surface area contributed by atoms with Crippen molar-refractivity contribution in [3.8, 4) is 0 Å². The summed E-state index contributed by atoms with van der Waals surface area (Å²) >= 11 is 2.98. The van der Waals surface area contributed by atoms with E-state index in [4.69, 9.17) is 0 Å². The van der Waals surface area contributed by atoms with Crippen LogP contribution in [0.2, 0.25) is 0 Å². The van der Waals surface area contributed by atoms with Gasteiger partial charge in [0.05, 0.1) is 5.75 Å². The number of likely N-dealkylation sites (tertiary alicyclic amines) is 1. The first kappa shape index (κ1) is 21.1. The Morgan fingerprint density at radius 3 is 2.79 bits per heavy atom. The number of carbonyl (C=O) groups is 1. The lowest BCUT2D eigenvalue weighted by Gasteiger charge is -2.32. The lowest BCUT2D eigenvalue weighted by atomic mass is 10.0. The number of aromatic nitrogens is 2. The van der Waals surface area contributed by atoms with Crippen LogP contribution in [0.25, 0.3) is 0 Å². The molecule has 28 heavy (non-hydrogen) atoms. The molecule has 152 valence electrons. The van der Waals surface area contributed by atoms with Crippen LogP contribution in [0.3, 0.4) is 0 Å². The van der Waals surface area contributed by atoms with Crippen molar-refractivity contribution in [2.24, 2.45) is 0 Å². The molecule has 0 unspecified atom stereocenters. The Kier molecular flexibility index (Phi) is 8.57. The van der Waals surface area contributed by atoms with Gasteiger partial charge in [0, 0.05) is 32.2 Å². The zero-order valence-electron chi connectivity index (χ0n) is 16.4. The number of anilines is 1. The van der Waals surface area contributed by atoms with Crippen LogP contribution in [0, 0.1) is 0 Å². The Bertz CT molecular complexity index is 716. The molecule has 0 bridgehead atoms. The van der Waals surface area contributed by atoms with Crippen LogP contribution in [0.4, 0.5) is 5.13 Å². The number of rotatable bonds is 10. The first-order valence-electron chi connectivity index (χ1n) is 9.98. The van der Waals surface area contributed by atoms with Crippen LogP contribution >= 0.6 is 23.1 Å². The molecule has 1 saturated heterocycles. The fourth-order valence-electron chi connectivity index (χ4n) is 3.19. The lowest BCUT2D eigenvalue weighted by molar-refractivity contribution is -0.119. The van der Waals surface area contributed by atoms with Gasteiger partial charge in [-0.25, -0.2) is 0 Å². The normalized spacial score (nSPS) is 15.5. The van der Waals surface area contributed by atoms with Gasteiger partial charge in [0.15, 0.2) is 4.34 Å². The quantitative estimate of drug-likeness (QED) is 0.453. The molecule has 8 heteroatoms. The summed E-state index contributed by atoms with van der Waals surface area (Å²) in [5, 5.41) is 15.5. The van der Waals surface area contributed by atoms with Crippen LogP contribution in [0.1, 0.15) is 38.2 Å². The van der Waals surface area contributed by atoms with Gasteiger partial charge in [0.1, 0.15) is 0 Å². The van der Waals surface area contributed by atoms with Gasteiger partial charge in [0.25, 0.3) is 0 Å². The second-order valence-corrected chi connectivity index (χ2v) is 9.25. The minimum absolute atomic E-state index is 0.0854. The van der Waals surface area contributed by atoms with E-state index in [0.29, 0.717) is 5.75 Å². The van der Waals surface area contributed by atoms with E-state index in [0.717, 1.165) is 61.3 Å². The maximum Gasteiger partial charge on any atom is 0.230 e. The van der Waals surface area contributed by atoms with Gasteiger partial charge in [-0.05, 0) is 24.8 Å². The highest BCUT2D eigenvalue weighted by Gasteiger charge is 2.21. The monoisotopic (exact) mass is 419 g/mol. The second-order valence-electron chi connectivity index (χ2n) is 7.05. The van der Waals surface area contributed by atoms with Crippen molar-refractivity contribution in [3.63, 3.8) is 0 Å². The van der Waals surface area contributed by atoms with Crippen molar-refractivity contribution in [1.82, 2.24) is 20.4 Å². The molecule has 1 aromatic carbocycles. The molecule has 0 aliphatic carbocycles. The van der Waals surface area contributed by atoms with Gasteiger partial charge in [-0.15, -0.1) is 10.2 Å². The molecule has 3 rings (SSSR count). The number of hydrogen-bond acceptors (Lipinski definition) is 7. The molecule has 2 heterocycles. The van der Waals surface area contributed by atoms with Crippen molar-refractivity contribution in [2.45, 2.75) is 49.5 Å². The Morgan fingerprint density at radius 1 is 1.25 bits per heavy atom. The molecule has 0 atom stereocenters. The molecule has 2 N–H and O–H groups in total. The zero-order valence-corrected chi connectivity index (χ0v) is 18.0. The minimum Gasteiger partial charge on any atom is -0.360 e. The first-order valence-corrected chi connectivity index (χ1v) is 11.8. The van der Waals surface area contributed by atoms with E-state index < -0.39 is 0 Å². The van der Waals surface area contributed by atoms with Crippen LogP contribution in [-0.2, 0) is 11.3 Å². The van der Waals surface area contributed by atoms with Gasteiger partial charge in [-0.1, -0.05) is 66.8 Å². The minimum atomic E-state index is 0.0854. The van der Waals surface area contributed by atoms with E-state index in [1.807, 2.05) is 0 Å². The van der Waals surface area contributed by atoms with Crippen molar-refractivity contribution in [3.05, 3.63) is 35.9 Å². The zero-order chi connectivity index (χ0) is 19.6. The number of carbonyl (C=O) groups excluding carboxylic acids is 1. The molecule has 6 nitrogen and oxygen atoms in total. The third kappa shape index (κ3) is 7.07. The molecular weight excluding hydrogens is 390 g/mol. The summed E-state index contributed by atoms with van der Waals surface area (Å²) in [6.07, 6.45) is 4.29. The average Bonchev–Trinajstić information content (AvgIpc) is 3.17. The maximum atomic E-state index is 12.3. The number of nitrogens with one attached hydrogen (secondary N) is 2. The number of amides is 1. The summed E-state index contributed by atoms with van der Waals surface area (Å²) in [7, 11) is 0. The highest BCUT2D eigenvalue weighted by molar-refractivity contribution is 8.01. The van der Waals surface area contributed by atoms with Gasteiger partial charge < -0.3 is 10.6 Å². The molecule has 0 saturated carbocycles. The summed E-state index contributed by atoms with van der Waals surface area (Å²) in [4.78, 5) is 14.7. The van der Waals surface area contributed by atoms with E-state index in [2.05, 4.69) is 63.0 Å². The smallest absolute Gasteiger partial charge is 0.230 e. The van der Waals surface area contributed by atoms with Crippen molar-refractivity contribution >= 4 is 34.1 Å². The summed E-state index contributed by atoms with van der Waals surface area (Å²) in [6.45, 7) is 6.11. The van der Waals surface area contributed by atoms with E-state index in [1.165, 1.54) is 28.7 Å². The first-order chi connectivity index (χ1) is 13.7. The predicted molar refractivity (Wildman–Crippen MR) is 117 cm³/mol. The molecule has 1 fully saturated rings. The van der Waals surface area contributed by atoms with Crippen LogP contribution in [0.5, 0.6) is 0 Å². The van der Waals surface area contributed by atoms with E-state index in [-0.39, 0.29) is 11.9 Å². The predicted octanol–water partition coefficient (Wildman–Crippen LogP) is 3.62. The van der Waals surface area contributed by atoms with E-state index in [1.54, 1.807) is 0 Å². The highest BCUT2D eigenvalue weighted by atomic mass is 32.2. The van der Waals surface area contributed by atoms with Crippen LogP contribution in [0.15, 0.2) is 34.7 Å². The number of piperidine rings is 1. The van der Waals surface area contributed by atoms with E-state index in [9.17, 15) is 4.79 Å². The van der Waals surface area contributed by atoms with Crippen molar-refractivity contribution in [1.29, 1.82) is 0 Å². The number of nitrogens with zero attached hydrogens (tertiary/aromatic N) is 3. The molecule has 1 aliphatic heterocycles. The third-order valence-electron chi connectivity index (χ3n) is 4.74. The highest BCUT2D eigenvalue weighted by Crippen LogP contribution is 2.25. The largest absolute Gasteiger partial charge is 0.360 e. The van der Waals surface area contributed by atoms with Crippen LogP contribution < -0.4 is 10.6 Å². The number of hydrogen-bond donors (Lipinski definition) is 2. The maximum absolute atomic E-state index is 12.3. The van der Waals surface area contributed by atoms with Crippen molar-refractivity contribution < 1.29 is 4.79 Å². The lowest BCUT2D eigenvalue weighted by Crippen LogP contribution is -2.44. The topological polar surface area (TPSA) is 70.1 Å². The molecule has 1 amide bonds. The summed E-state index contributed by atoms with van der Waals surface area (Å²) in [5.74, 6) is 0.482. The van der Waals surface area contributed by atoms with E-state index >= 15 is 0 Å². The average molecular weight is 420 g/mol. The second kappa shape index (κ2) is 11.4. The number of thioether (sulfide) groups is 1. The van der Waals surface area contributed by atoms with Gasteiger partial charge in [-0.2, -0.15) is 0 Å². The Morgan fingerprint density at radius 2 is 2.04 bits per heavy atom. The fraction of sp³-hybridized carbons (Fsp3) is 0.550. The molecule has 1 aliphatic rings. The number of unbranched alkanes of at least 4 members (excludes halogenated alkanes) is 1. The third-order valence-corrected chi connectivity index (χ3v) is 6.76. The Balaban J connectivity index is 1.32. The molecule has 2 aromatic rings. The standard InChI is InChI=1S/C20H29N5OS2/c1-2-3-11-21-19-23-24-20(28-19)27-15-18(26)22-17-9-12-25(13-10-17)14-16-7-5-4-6-8-16/h4-8,17H,2-3,9-15H2,1H3,(H,21,23)(H,22,26).